The predicted octanol–water partition coefficient (Wildman–Crippen LogP) is 0.425. The summed E-state index contributed by atoms with van der Waals surface area (Å²) in [5.74, 6) is 1.64. The van der Waals surface area contributed by atoms with Gasteiger partial charge >= 0.3 is 6.03 Å². The van der Waals surface area contributed by atoms with Gasteiger partial charge in [0.1, 0.15) is 5.75 Å². The van der Waals surface area contributed by atoms with Crippen molar-refractivity contribution in [1.82, 2.24) is 15.1 Å². The second kappa shape index (κ2) is 6.68. The number of hydrogen-bond donors (Lipinski definition) is 2. The van der Waals surface area contributed by atoms with Crippen LogP contribution in [0, 0.1) is 11.8 Å². The normalized spacial score (nSPS) is 26.2. The summed E-state index contributed by atoms with van der Waals surface area (Å²) in [6, 6.07) is 7.78. The Morgan fingerprint density at radius 1 is 1.25 bits per heavy atom. The number of carbonyl (C=O) groups excluding carboxylic acids is 2. The van der Waals surface area contributed by atoms with Gasteiger partial charge in [-0.2, -0.15) is 0 Å². The molecule has 2 aliphatic rings. The van der Waals surface area contributed by atoms with Crippen molar-refractivity contribution in [2.24, 2.45) is 17.6 Å². The molecule has 2 heterocycles. The fourth-order valence-electron chi connectivity index (χ4n) is 4.04. The van der Waals surface area contributed by atoms with Gasteiger partial charge in [-0.25, -0.2) is 4.79 Å². The summed E-state index contributed by atoms with van der Waals surface area (Å²) in [6.07, 6.45) is 0. The number of rotatable bonds is 4. The number of amides is 3. The molecule has 0 spiro atoms. The molecule has 0 radical (unpaired) electrons. The van der Waals surface area contributed by atoms with Gasteiger partial charge in [-0.3, -0.25) is 9.69 Å². The van der Waals surface area contributed by atoms with E-state index in [1.165, 1.54) is 5.56 Å². The maximum atomic E-state index is 12.2. The van der Waals surface area contributed by atoms with E-state index in [0.717, 1.165) is 18.8 Å². The number of nitrogens with two attached hydrogens (primary N) is 1. The highest BCUT2D eigenvalue weighted by Gasteiger charge is 2.47. The van der Waals surface area contributed by atoms with Gasteiger partial charge in [0.05, 0.1) is 13.7 Å². The minimum atomic E-state index is -0.668. The van der Waals surface area contributed by atoms with Crippen LogP contribution in [0.3, 0.4) is 0 Å². The van der Waals surface area contributed by atoms with E-state index in [9.17, 15) is 9.59 Å². The van der Waals surface area contributed by atoms with E-state index in [4.69, 9.17) is 10.5 Å². The number of methoxy groups -OCH3 is 1. The number of urea groups is 1. The Bertz CT molecular complexity index is 619. The summed E-state index contributed by atoms with van der Waals surface area (Å²) in [5, 5.41) is 2.38. The Balaban J connectivity index is 1.69. The number of likely N-dealkylation sites (tertiary alicyclic amines) is 2. The second-order valence-corrected chi connectivity index (χ2v) is 6.60. The van der Waals surface area contributed by atoms with Crippen molar-refractivity contribution in [2.75, 3.05) is 40.3 Å². The number of nitrogens with zero attached hydrogens (tertiary/aromatic N) is 2. The van der Waals surface area contributed by atoms with Gasteiger partial charge in [-0.15, -0.1) is 0 Å². The van der Waals surface area contributed by atoms with Crippen LogP contribution in [-0.2, 0) is 4.79 Å². The summed E-state index contributed by atoms with van der Waals surface area (Å²) < 4.78 is 5.23. The number of nitrogens with one attached hydrogen (secondary N) is 1. The van der Waals surface area contributed by atoms with Gasteiger partial charge in [0.15, 0.2) is 0 Å². The lowest BCUT2D eigenvalue weighted by atomic mass is 9.89. The minimum Gasteiger partial charge on any atom is -0.497 e. The highest BCUT2D eigenvalue weighted by atomic mass is 16.5. The number of benzene rings is 1. The number of carbonyl (C=O) groups is 2. The van der Waals surface area contributed by atoms with Crippen LogP contribution >= 0.6 is 0 Å². The Morgan fingerprint density at radius 2 is 1.96 bits per heavy atom. The summed E-state index contributed by atoms with van der Waals surface area (Å²) in [7, 11) is 3.79. The van der Waals surface area contributed by atoms with Crippen LogP contribution in [0.4, 0.5) is 4.79 Å². The molecule has 2 fully saturated rings. The molecule has 2 aliphatic heterocycles. The van der Waals surface area contributed by atoms with Crippen LogP contribution in [0.5, 0.6) is 5.75 Å². The van der Waals surface area contributed by atoms with Gasteiger partial charge in [0, 0.05) is 31.6 Å². The number of primary amides is 1. The predicted molar refractivity (Wildman–Crippen MR) is 89.5 cm³/mol. The molecule has 1 aromatic carbocycles. The van der Waals surface area contributed by atoms with Gasteiger partial charge in [0.2, 0.25) is 5.91 Å². The molecular weight excluding hydrogens is 308 g/mol. The average molecular weight is 332 g/mol. The van der Waals surface area contributed by atoms with Crippen molar-refractivity contribution in [1.29, 1.82) is 0 Å². The van der Waals surface area contributed by atoms with Gasteiger partial charge in [-0.05, 0) is 30.7 Å². The molecule has 3 rings (SSSR count). The zero-order valence-corrected chi connectivity index (χ0v) is 14.1. The van der Waals surface area contributed by atoms with Crippen LogP contribution in [-0.4, -0.2) is 62.1 Å². The summed E-state index contributed by atoms with van der Waals surface area (Å²) in [4.78, 5) is 27.2. The molecule has 3 atom stereocenters. The second-order valence-electron chi connectivity index (χ2n) is 6.60. The smallest absolute Gasteiger partial charge is 0.312 e. The maximum absolute atomic E-state index is 12.2. The minimum absolute atomic E-state index is 0.0299. The molecule has 0 aliphatic carbocycles. The van der Waals surface area contributed by atoms with Crippen LogP contribution in [0.1, 0.15) is 11.6 Å². The molecule has 3 N–H and O–H groups in total. The highest BCUT2D eigenvalue weighted by Crippen LogP contribution is 2.44. The zero-order valence-electron chi connectivity index (χ0n) is 14.1. The van der Waals surface area contributed by atoms with E-state index >= 15 is 0 Å². The summed E-state index contributed by atoms with van der Waals surface area (Å²) in [5.41, 5.74) is 6.28. The lowest BCUT2D eigenvalue weighted by molar-refractivity contribution is -0.129. The van der Waals surface area contributed by atoms with Crippen molar-refractivity contribution in [2.45, 2.75) is 6.04 Å². The molecule has 24 heavy (non-hydrogen) atoms. The lowest BCUT2D eigenvalue weighted by Crippen LogP contribution is -2.42. The molecule has 0 saturated carbocycles. The fourth-order valence-corrected chi connectivity index (χ4v) is 4.04. The number of hydrogen-bond acceptors (Lipinski definition) is 4. The maximum Gasteiger partial charge on any atom is 0.312 e. The van der Waals surface area contributed by atoms with E-state index in [-0.39, 0.29) is 12.5 Å². The SMILES string of the molecule is COc1ccc([C@@H]2[C@@H]3CN(C(=O)CNC(N)=O)C[C@@H]3CN2C)cc1. The summed E-state index contributed by atoms with van der Waals surface area (Å²) >= 11 is 0. The molecule has 130 valence electrons. The molecule has 0 bridgehead atoms. The average Bonchev–Trinajstić information content (AvgIpc) is 3.09. The third kappa shape index (κ3) is 3.17. The Hall–Kier alpha value is -2.28. The topological polar surface area (TPSA) is 87.9 Å². The Kier molecular flexibility index (Phi) is 4.62. The van der Waals surface area contributed by atoms with Crippen LogP contribution < -0.4 is 15.8 Å². The zero-order chi connectivity index (χ0) is 17.3. The molecule has 0 aromatic heterocycles. The molecule has 3 amide bonds. The van der Waals surface area contributed by atoms with E-state index < -0.39 is 6.03 Å². The first-order valence-corrected chi connectivity index (χ1v) is 8.15. The molecular formula is C17H24N4O3. The number of ether oxygens (including phenoxy) is 1. The van der Waals surface area contributed by atoms with Gasteiger partial charge in [-0.1, -0.05) is 12.1 Å². The van der Waals surface area contributed by atoms with Crippen LogP contribution in [0.15, 0.2) is 24.3 Å². The molecule has 1 aromatic rings. The lowest BCUT2D eigenvalue weighted by Gasteiger charge is -2.27. The van der Waals surface area contributed by atoms with Crippen LogP contribution in [0.2, 0.25) is 0 Å². The molecule has 7 heteroatoms. The third-order valence-electron chi connectivity index (χ3n) is 5.12. The fraction of sp³-hybridized carbons (Fsp3) is 0.529. The summed E-state index contributed by atoms with van der Waals surface area (Å²) in [6.45, 7) is 2.39. The standard InChI is InChI=1S/C17H24N4O3/c1-20-8-12-9-21(15(22)7-19-17(18)23)10-14(12)16(20)11-3-5-13(24-2)6-4-11/h3-6,12,14,16H,7-10H2,1-2H3,(H3,18,19,23)/t12-,14+,16+/m0/s1. The first-order valence-electron chi connectivity index (χ1n) is 8.15. The van der Waals surface area contributed by atoms with Crippen molar-refractivity contribution in [3.63, 3.8) is 0 Å². The van der Waals surface area contributed by atoms with E-state index in [1.54, 1.807) is 7.11 Å². The third-order valence-corrected chi connectivity index (χ3v) is 5.12. The van der Waals surface area contributed by atoms with Crippen molar-refractivity contribution >= 4 is 11.9 Å². The van der Waals surface area contributed by atoms with Gasteiger partial charge < -0.3 is 20.7 Å². The Morgan fingerprint density at radius 3 is 2.58 bits per heavy atom. The molecule has 0 unspecified atom stereocenters. The Labute approximate surface area is 141 Å². The first-order chi connectivity index (χ1) is 11.5. The number of fused-ring (bicyclic) bond motifs is 1. The van der Waals surface area contributed by atoms with Gasteiger partial charge in [0.25, 0.3) is 0 Å². The molecule has 2 saturated heterocycles. The van der Waals surface area contributed by atoms with E-state index in [0.29, 0.717) is 24.4 Å². The van der Waals surface area contributed by atoms with Crippen molar-refractivity contribution in [3.8, 4) is 5.75 Å². The van der Waals surface area contributed by atoms with E-state index in [1.807, 2.05) is 17.0 Å². The monoisotopic (exact) mass is 332 g/mol. The van der Waals surface area contributed by atoms with Crippen LogP contribution in [0.25, 0.3) is 0 Å². The quantitative estimate of drug-likeness (QED) is 0.837. The molecule has 7 nitrogen and oxygen atoms in total. The van der Waals surface area contributed by atoms with Crippen molar-refractivity contribution in [3.05, 3.63) is 29.8 Å². The largest absolute Gasteiger partial charge is 0.497 e. The van der Waals surface area contributed by atoms with Crippen molar-refractivity contribution < 1.29 is 14.3 Å². The van der Waals surface area contributed by atoms with E-state index in [2.05, 4.69) is 29.4 Å². The highest BCUT2D eigenvalue weighted by molar-refractivity contribution is 5.83. The first kappa shape index (κ1) is 16.6.